The van der Waals surface area contributed by atoms with Crippen molar-refractivity contribution in [3.63, 3.8) is 0 Å². The summed E-state index contributed by atoms with van der Waals surface area (Å²) in [7, 11) is 0. The van der Waals surface area contributed by atoms with Crippen LogP contribution in [-0.2, 0) is 4.74 Å². The number of carbonyl (C=O) groups is 1. The molecule has 0 bridgehead atoms. The monoisotopic (exact) mass is 367 g/mol. The van der Waals surface area contributed by atoms with E-state index in [1.165, 1.54) is 18.2 Å². The van der Waals surface area contributed by atoms with Gasteiger partial charge in [0.25, 0.3) is 11.6 Å². The Bertz CT molecular complexity index is 1010. The van der Waals surface area contributed by atoms with Gasteiger partial charge in [-0.05, 0) is 39.0 Å². The highest BCUT2D eigenvalue weighted by molar-refractivity contribution is 5.90. The van der Waals surface area contributed by atoms with Crippen molar-refractivity contribution in [2.45, 2.75) is 26.9 Å². The molecule has 0 aliphatic carbocycles. The van der Waals surface area contributed by atoms with E-state index in [1.807, 2.05) is 31.2 Å². The van der Waals surface area contributed by atoms with Crippen LogP contribution in [0, 0.1) is 24.0 Å². The lowest BCUT2D eigenvalue weighted by Gasteiger charge is -2.09. The van der Waals surface area contributed by atoms with Crippen LogP contribution in [0.1, 0.15) is 40.4 Å². The van der Waals surface area contributed by atoms with Gasteiger partial charge in [-0.2, -0.15) is 0 Å². The fourth-order valence-electron chi connectivity index (χ4n) is 2.51. The van der Waals surface area contributed by atoms with Gasteiger partial charge in [0.2, 0.25) is 5.89 Å². The average Bonchev–Trinajstić information content (AvgIpc) is 3.12. The van der Waals surface area contributed by atoms with Gasteiger partial charge in [-0.1, -0.05) is 23.8 Å². The first-order valence-electron chi connectivity index (χ1n) is 8.21. The second-order valence-electron chi connectivity index (χ2n) is 6.12. The number of ether oxygens (including phenoxy) is 1. The van der Waals surface area contributed by atoms with Crippen LogP contribution in [0.15, 0.2) is 46.9 Å². The summed E-state index contributed by atoms with van der Waals surface area (Å²) in [6, 6.07) is 11.7. The number of aryl methyl sites for hydroxylation is 2. The van der Waals surface area contributed by atoms with Crippen molar-refractivity contribution in [1.82, 2.24) is 10.2 Å². The molecule has 3 aromatic rings. The van der Waals surface area contributed by atoms with E-state index in [0.717, 1.165) is 11.1 Å². The number of hydrogen-bond acceptors (Lipinski definition) is 7. The van der Waals surface area contributed by atoms with Gasteiger partial charge in [-0.3, -0.25) is 10.1 Å². The van der Waals surface area contributed by atoms with E-state index in [1.54, 1.807) is 13.8 Å². The highest BCUT2D eigenvalue weighted by atomic mass is 16.6. The topological polar surface area (TPSA) is 108 Å². The molecule has 1 atom stereocenters. The third kappa shape index (κ3) is 4.00. The van der Waals surface area contributed by atoms with Crippen LogP contribution in [0.4, 0.5) is 5.69 Å². The summed E-state index contributed by atoms with van der Waals surface area (Å²) in [6.45, 7) is 5.14. The van der Waals surface area contributed by atoms with Gasteiger partial charge < -0.3 is 9.15 Å². The predicted octanol–water partition coefficient (Wildman–Crippen LogP) is 4.18. The number of rotatable bonds is 5. The molecule has 8 nitrogen and oxygen atoms in total. The van der Waals surface area contributed by atoms with Gasteiger partial charge >= 0.3 is 5.97 Å². The predicted molar refractivity (Wildman–Crippen MR) is 96.1 cm³/mol. The minimum absolute atomic E-state index is 0.0811. The van der Waals surface area contributed by atoms with Gasteiger partial charge in [0.1, 0.15) is 0 Å². The summed E-state index contributed by atoms with van der Waals surface area (Å²) in [4.78, 5) is 22.8. The summed E-state index contributed by atoms with van der Waals surface area (Å²) in [5.41, 5.74) is 2.22. The molecule has 3 rings (SSSR count). The summed E-state index contributed by atoms with van der Waals surface area (Å²) < 4.78 is 10.9. The molecule has 8 heteroatoms. The molecule has 0 saturated carbocycles. The van der Waals surface area contributed by atoms with Crippen LogP contribution < -0.4 is 0 Å². The van der Waals surface area contributed by atoms with Crippen LogP contribution >= 0.6 is 0 Å². The maximum Gasteiger partial charge on any atom is 0.339 e. The molecule has 0 N–H and O–H groups in total. The molecule has 0 fully saturated rings. The van der Waals surface area contributed by atoms with Crippen LogP contribution in [0.3, 0.4) is 0 Å². The maximum atomic E-state index is 12.3. The average molecular weight is 367 g/mol. The maximum absolute atomic E-state index is 12.3. The van der Waals surface area contributed by atoms with Crippen molar-refractivity contribution in [2.24, 2.45) is 0 Å². The van der Waals surface area contributed by atoms with Gasteiger partial charge in [-0.15, -0.1) is 10.2 Å². The van der Waals surface area contributed by atoms with Gasteiger partial charge in [-0.25, -0.2) is 4.79 Å². The van der Waals surface area contributed by atoms with E-state index in [9.17, 15) is 14.9 Å². The summed E-state index contributed by atoms with van der Waals surface area (Å²) >= 11 is 0. The van der Waals surface area contributed by atoms with Crippen LogP contribution in [0.25, 0.3) is 11.5 Å². The molecule has 2 aromatic carbocycles. The van der Waals surface area contributed by atoms with Crippen LogP contribution in [0.2, 0.25) is 0 Å². The SMILES string of the molecule is Cc1cccc(-c2nnc(C(C)OC(=O)c3ccc(C)c([N+](=O)[O-])c3)o2)c1. The van der Waals surface area contributed by atoms with E-state index in [-0.39, 0.29) is 17.1 Å². The van der Waals surface area contributed by atoms with Gasteiger partial charge in [0, 0.05) is 17.2 Å². The molecule has 27 heavy (non-hydrogen) atoms. The quantitative estimate of drug-likeness (QED) is 0.378. The number of nitro groups is 1. The molecule has 0 aliphatic heterocycles. The van der Waals surface area contributed by atoms with Crippen LogP contribution in [-0.4, -0.2) is 21.1 Å². The third-order valence-electron chi connectivity index (χ3n) is 3.98. The summed E-state index contributed by atoms with van der Waals surface area (Å²) in [5.74, 6) is -0.245. The third-order valence-corrected chi connectivity index (χ3v) is 3.98. The minimum atomic E-state index is -0.802. The minimum Gasteiger partial charge on any atom is -0.449 e. The number of benzene rings is 2. The zero-order valence-electron chi connectivity index (χ0n) is 15.0. The van der Waals surface area contributed by atoms with E-state index in [2.05, 4.69) is 10.2 Å². The first kappa shape index (κ1) is 18.2. The summed E-state index contributed by atoms with van der Waals surface area (Å²) in [6.07, 6.45) is -0.802. The molecule has 138 valence electrons. The van der Waals surface area contributed by atoms with E-state index >= 15 is 0 Å². The van der Waals surface area contributed by atoms with Gasteiger partial charge in [0.15, 0.2) is 6.10 Å². The molecule has 0 saturated heterocycles. The lowest BCUT2D eigenvalue weighted by atomic mass is 10.1. The highest BCUT2D eigenvalue weighted by Crippen LogP contribution is 2.25. The van der Waals surface area contributed by atoms with Crippen molar-refractivity contribution < 1.29 is 18.9 Å². The lowest BCUT2D eigenvalue weighted by molar-refractivity contribution is -0.385. The molecule has 0 radical (unpaired) electrons. The molecular formula is C19H17N3O5. The Balaban J connectivity index is 1.76. The van der Waals surface area contributed by atoms with E-state index in [4.69, 9.17) is 9.15 Å². The van der Waals surface area contributed by atoms with Crippen molar-refractivity contribution in [3.05, 3.63) is 75.2 Å². The Morgan fingerprint density at radius 1 is 1.19 bits per heavy atom. The first-order valence-corrected chi connectivity index (χ1v) is 8.21. The normalized spacial score (nSPS) is 11.8. The van der Waals surface area contributed by atoms with Crippen molar-refractivity contribution in [2.75, 3.05) is 0 Å². The highest BCUT2D eigenvalue weighted by Gasteiger charge is 2.22. The number of hydrogen-bond donors (Lipinski definition) is 0. The Morgan fingerprint density at radius 3 is 2.67 bits per heavy atom. The lowest BCUT2D eigenvalue weighted by Crippen LogP contribution is -2.10. The molecule has 0 aliphatic rings. The first-order chi connectivity index (χ1) is 12.8. The fourth-order valence-corrected chi connectivity index (χ4v) is 2.51. The fraction of sp³-hybridized carbons (Fsp3) is 0.211. The number of esters is 1. The second-order valence-corrected chi connectivity index (χ2v) is 6.12. The van der Waals surface area contributed by atoms with Crippen molar-refractivity contribution >= 4 is 11.7 Å². The Labute approximate surface area is 155 Å². The number of aromatic nitrogens is 2. The van der Waals surface area contributed by atoms with Crippen molar-refractivity contribution in [3.8, 4) is 11.5 Å². The zero-order chi connectivity index (χ0) is 19.6. The van der Waals surface area contributed by atoms with E-state index < -0.39 is 17.0 Å². The molecular weight excluding hydrogens is 350 g/mol. The smallest absolute Gasteiger partial charge is 0.339 e. The Hall–Kier alpha value is -3.55. The van der Waals surface area contributed by atoms with E-state index in [0.29, 0.717) is 11.5 Å². The molecule has 1 aromatic heterocycles. The number of carbonyl (C=O) groups excluding carboxylic acids is 1. The zero-order valence-corrected chi connectivity index (χ0v) is 15.0. The molecule has 1 unspecified atom stereocenters. The van der Waals surface area contributed by atoms with Gasteiger partial charge in [0.05, 0.1) is 10.5 Å². The Morgan fingerprint density at radius 2 is 1.96 bits per heavy atom. The largest absolute Gasteiger partial charge is 0.449 e. The number of nitro benzene ring substituents is 1. The molecule has 1 heterocycles. The molecule has 0 amide bonds. The standard InChI is InChI=1S/C19H17N3O5/c1-11-5-4-6-14(9-11)18-21-20-17(27-18)13(3)26-19(23)15-8-7-12(2)16(10-15)22(24)25/h4-10,13H,1-3H3. The second kappa shape index (κ2) is 7.36. The Kier molecular flexibility index (Phi) is 4.98. The summed E-state index contributed by atoms with van der Waals surface area (Å²) in [5, 5.41) is 18.9. The molecule has 0 spiro atoms. The van der Waals surface area contributed by atoms with Crippen molar-refractivity contribution in [1.29, 1.82) is 0 Å². The van der Waals surface area contributed by atoms with Crippen LogP contribution in [0.5, 0.6) is 0 Å². The number of nitrogens with zero attached hydrogens (tertiary/aromatic N) is 3.